The molecule has 0 aromatic rings. The average molecular weight is 256 g/mol. The van der Waals surface area contributed by atoms with Crippen molar-refractivity contribution < 1.29 is 4.74 Å². The van der Waals surface area contributed by atoms with Crippen LogP contribution in [-0.4, -0.2) is 50.3 Å². The molecule has 0 amide bonds. The zero-order valence-corrected chi connectivity index (χ0v) is 12.4. The van der Waals surface area contributed by atoms with Crippen molar-refractivity contribution in [2.45, 2.75) is 58.5 Å². The SMILES string of the molecule is CCCNCCCCCN(CC)CC1CCCO1. The largest absolute Gasteiger partial charge is 0.377 e. The molecule has 0 bridgehead atoms. The molecule has 1 aliphatic heterocycles. The summed E-state index contributed by atoms with van der Waals surface area (Å²) < 4.78 is 5.71. The highest BCUT2D eigenvalue weighted by Gasteiger charge is 2.17. The number of nitrogens with zero attached hydrogens (tertiary/aromatic N) is 1. The molecule has 0 saturated carbocycles. The Balaban J connectivity index is 1.94. The Morgan fingerprint density at radius 2 is 2.06 bits per heavy atom. The molecule has 1 N–H and O–H groups in total. The van der Waals surface area contributed by atoms with Crippen LogP contribution in [0.1, 0.15) is 52.4 Å². The third-order valence-corrected chi connectivity index (χ3v) is 3.69. The number of rotatable bonds is 11. The minimum Gasteiger partial charge on any atom is -0.377 e. The van der Waals surface area contributed by atoms with E-state index in [9.17, 15) is 0 Å². The Labute approximate surface area is 113 Å². The first kappa shape index (κ1) is 15.9. The summed E-state index contributed by atoms with van der Waals surface area (Å²) in [6.07, 6.45) is 8.26. The Hall–Kier alpha value is -0.120. The van der Waals surface area contributed by atoms with Gasteiger partial charge in [0.25, 0.3) is 0 Å². The lowest BCUT2D eigenvalue weighted by Gasteiger charge is -2.23. The molecule has 1 atom stereocenters. The molecule has 3 heteroatoms. The summed E-state index contributed by atoms with van der Waals surface area (Å²) in [6.45, 7) is 11.4. The first-order valence-electron chi connectivity index (χ1n) is 7.91. The van der Waals surface area contributed by atoms with Crippen LogP contribution in [0.25, 0.3) is 0 Å². The Bertz CT molecular complexity index is 181. The van der Waals surface area contributed by atoms with Gasteiger partial charge in [-0.25, -0.2) is 0 Å². The molecule has 1 aliphatic rings. The van der Waals surface area contributed by atoms with E-state index in [1.54, 1.807) is 0 Å². The van der Waals surface area contributed by atoms with Gasteiger partial charge in [-0.2, -0.15) is 0 Å². The monoisotopic (exact) mass is 256 g/mol. The molecule has 1 fully saturated rings. The van der Waals surface area contributed by atoms with Crippen LogP contribution in [0.4, 0.5) is 0 Å². The summed E-state index contributed by atoms with van der Waals surface area (Å²) in [7, 11) is 0. The van der Waals surface area contributed by atoms with E-state index >= 15 is 0 Å². The van der Waals surface area contributed by atoms with Gasteiger partial charge < -0.3 is 15.0 Å². The van der Waals surface area contributed by atoms with Gasteiger partial charge in [0.2, 0.25) is 0 Å². The van der Waals surface area contributed by atoms with E-state index < -0.39 is 0 Å². The number of unbranched alkanes of at least 4 members (excludes halogenated alkanes) is 2. The predicted molar refractivity (Wildman–Crippen MR) is 78.1 cm³/mol. The topological polar surface area (TPSA) is 24.5 Å². The standard InChI is InChI=1S/C15H32N2O/c1-3-10-16-11-6-5-7-12-17(4-2)14-15-9-8-13-18-15/h15-16H,3-14H2,1-2H3. The Morgan fingerprint density at radius 1 is 1.17 bits per heavy atom. The van der Waals surface area contributed by atoms with Crippen molar-refractivity contribution in [3.63, 3.8) is 0 Å². The maximum Gasteiger partial charge on any atom is 0.0702 e. The van der Waals surface area contributed by atoms with Crippen molar-refractivity contribution >= 4 is 0 Å². The van der Waals surface area contributed by atoms with Crippen LogP contribution in [0.5, 0.6) is 0 Å². The van der Waals surface area contributed by atoms with Gasteiger partial charge in [0.1, 0.15) is 0 Å². The van der Waals surface area contributed by atoms with Crippen molar-refractivity contribution in [3.05, 3.63) is 0 Å². The Morgan fingerprint density at radius 3 is 2.72 bits per heavy atom. The Kier molecular flexibility index (Phi) is 9.54. The van der Waals surface area contributed by atoms with Gasteiger partial charge in [0.05, 0.1) is 6.10 Å². The quantitative estimate of drug-likeness (QED) is 0.575. The zero-order chi connectivity index (χ0) is 13.1. The fraction of sp³-hybridized carbons (Fsp3) is 1.00. The molecule has 1 heterocycles. The average Bonchev–Trinajstić information content (AvgIpc) is 2.89. The normalized spacial score (nSPS) is 19.8. The van der Waals surface area contributed by atoms with Crippen molar-refractivity contribution in [1.82, 2.24) is 10.2 Å². The van der Waals surface area contributed by atoms with Gasteiger partial charge in [-0.05, 0) is 58.3 Å². The molecule has 0 aromatic carbocycles. The highest BCUT2D eigenvalue weighted by molar-refractivity contribution is 4.70. The zero-order valence-electron chi connectivity index (χ0n) is 12.4. The predicted octanol–water partition coefficient (Wildman–Crippen LogP) is 2.66. The number of hydrogen-bond acceptors (Lipinski definition) is 3. The van der Waals surface area contributed by atoms with Crippen LogP contribution in [-0.2, 0) is 4.74 Å². The van der Waals surface area contributed by atoms with E-state index in [1.165, 1.54) is 58.2 Å². The van der Waals surface area contributed by atoms with Crippen LogP contribution >= 0.6 is 0 Å². The van der Waals surface area contributed by atoms with Crippen LogP contribution in [0.15, 0.2) is 0 Å². The molecule has 1 rings (SSSR count). The molecule has 3 nitrogen and oxygen atoms in total. The smallest absolute Gasteiger partial charge is 0.0702 e. The molecule has 1 saturated heterocycles. The van der Waals surface area contributed by atoms with Crippen LogP contribution < -0.4 is 5.32 Å². The first-order valence-corrected chi connectivity index (χ1v) is 7.91. The van der Waals surface area contributed by atoms with Crippen molar-refractivity contribution in [2.24, 2.45) is 0 Å². The highest BCUT2D eigenvalue weighted by Crippen LogP contribution is 2.13. The summed E-state index contributed by atoms with van der Waals surface area (Å²) in [5.74, 6) is 0. The van der Waals surface area contributed by atoms with Crippen LogP contribution in [0.3, 0.4) is 0 Å². The van der Waals surface area contributed by atoms with E-state index in [0.717, 1.165) is 19.7 Å². The van der Waals surface area contributed by atoms with Gasteiger partial charge in [0.15, 0.2) is 0 Å². The van der Waals surface area contributed by atoms with Crippen molar-refractivity contribution in [3.8, 4) is 0 Å². The maximum absolute atomic E-state index is 5.71. The van der Waals surface area contributed by atoms with Gasteiger partial charge in [-0.15, -0.1) is 0 Å². The van der Waals surface area contributed by atoms with E-state index in [-0.39, 0.29) is 0 Å². The summed E-state index contributed by atoms with van der Waals surface area (Å²) in [5.41, 5.74) is 0. The summed E-state index contributed by atoms with van der Waals surface area (Å²) in [5, 5.41) is 3.46. The second-order valence-electron chi connectivity index (χ2n) is 5.34. The lowest BCUT2D eigenvalue weighted by Crippen LogP contribution is -2.32. The van der Waals surface area contributed by atoms with E-state index in [0.29, 0.717) is 6.10 Å². The maximum atomic E-state index is 5.71. The van der Waals surface area contributed by atoms with Crippen molar-refractivity contribution in [2.75, 3.05) is 39.3 Å². The van der Waals surface area contributed by atoms with E-state index in [2.05, 4.69) is 24.1 Å². The van der Waals surface area contributed by atoms with Gasteiger partial charge in [-0.1, -0.05) is 20.3 Å². The molecule has 0 aromatic heterocycles. The second kappa shape index (κ2) is 10.8. The highest BCUT2D eigenvalue weighted by atomic mass is 16.5. The third kappa shape index (κ3) is 7.34. The van der Waals surface area contributed by atoms with Gasteiger partial charge >= 0.3 is 0 Å². The molecule has 0 radical (unpaired) electrons. The minimum atomic E-state index is 0.510. The minimum absolute atomic E-state index is 0.510. The fourth-order valence-corrected chi connectivity index (χ4v) is 2.52. The van der Waals surface area contributed by atoms with E-state index in [4.69, 9.17) is 4.74 Å². The van der Waals surface area contributed by atoms with Gasteiger partial charge in [0, 0.05) is 13.2 Å². The third-order valence-electron chi connectivity index (χ3n) is 3.69. The number of nitrogens with one attached hydrogen (secondary N) is 1. The number of ether oxygens (including phenoxy) is 1. The summed E-state index contributed by atoms with van der Waals surface area (Å²) in [4.78, 5) is 2.55. The second-order valence-corrected chi connectivity index (χ2v) is 5.34. The molecule has 0 spiro atoms. The first-order chi connectivity index (χ1) is 8.86. The molecule has 108 valence electrons. The molecule has 0 aliphatic carbocycles. The van der Waals surface area contributed by atoms with E-state index in [1.807, 2.05) is 0 Å². The lowest BCUT2D eigenvalue weighted by molar-refractivity contribution is 0.0742. The molecular formula is C15H32N2O. The number of hydrogen-bond donors (Lipinski definition) is 1. The van der Waals surface area contributed by atoms with Crippen LogP contribution in [0, 0.1) is 0 Å². The van der Waals surface area contributed by atoms with Gasteiger partial charge in [-0.3, -0.25) is 0 Å². The molecular weight excluding hydrogens is 224 g/mol. The van der Waals surface area contributed by atoms with Crippen molar-refractivity contribution in [1.29, 1.82) is 0 Å². The summed E-state index contributed by atoms with van der Waals surface area (Å²) >= 11 is 0. The number of likely N-dealkylation sites (N-methyl/N-ethyl adjacent to an activating group) is 1. The molecule has 1 unspecified atom stereocenters. The molecule has 18 heavy (non-hydrogen) atoms. The van der Waals surface area contributed by atoms with Crippen LogP contribution in [0.2, 0.25) is 0 Å². The lowest BCUT2D eigenvalue weighted by atomic mass is 10.2. The fourth-order valence-electron chi connectivity index (χ4n) is 2.52. The summed E-state index contributed by atoms with van der Waals surface area (Å²) in [6, 6.07) is 0.